The number of nitrogens with two attached hydrogens (primary N) is 1. The second-order valence-corrected chi connectivity index (χ2v) is 6.06. The number of benzene rings is 1. The smallest absolute Gasteiger partial charge is 0.172 e. The number of rotatable bonds is 4. The molecule has 0 unspecified atom stereocenters. The maximum atomic E-state index is 9.93. The Bertz CT molecular complexity index is 430. The number of phenolic OH excluding ortho intramolecular Hbond substituents is 1. The molecule has 0 heterocycles. The normalized spacial score (nSPS) is 18.3. The first-order chi connectivity index (χ1) is 9.13. The van der Waals surface area contributed by atoms with Crippen LogP contribution in [0, 0.1) is 5.92 Å². The molecule has 3 nitrogen and oxygen atoms in total. The lowest BCUT2D eigenvalue weighted by molar-refractivity contribution is 0.302. The van der Waals surface area contributed by atoms with E-state index in [2.05, 4.69) is 15.9 Å². The van der Waals surface area contributed by atoms with E-state index in [1.165, 1.54) is 32.1 Å². The van der Waals surface area contributed by atoms with Crippen molar-refractivity contribution in [3.63, 3.8) is 0 Å². The highest BCUT2D eigenvalue weighted by Gasteiger charge is 2.23. The summed E-state index contributed by atoms with van der Waals surface area (Å²) < 4.78 is 6.11. The van der Waals surface area contributed by atoms with Crippen LogP contribution in [0.25, 0.3) is 0 Å². The van der Waals surface area contributed by atoms with Crippen molar-refractivity contribution in [2.75, 3.05) is 6.61 Å². The van der Waals surface area contributed by atoms with E-state index in [0.717, 1.165) is 5.56 Å². The molecule has 1 saturated carbocycles. The van der Waals surface area contributed by atoms with Gasteiger partial charge in [0.15, 0.2) is 11.5 Å². The molecule has 1 aliphatic rings. The van der Waals surface area contributed by atoms with Gasteiger partial charge >= 0.3 is 0 Å². The first-order valence-electron chi connectivity index (χ1n) is 7.04. The van der Waals surface area contributed by atoms with Crippen molar-refractivity contribution >= 4 is 15.9 Å². The Balaban J connectivity index is 2.23. The average molecular weight is 328 g/mol. The van der Waals surface area contributed by atoms with Crippen LogP contribution >= 0.6 is 15.9 Å². The van der Waals surface area contributed by atoms with Gasteiger partial charge in [-0.15, -0.1) is 0 Å². The van der Waals surface area contributed by atoms with Gasteiger partial charge in [-0.05, 0) is 59.3 Å². The predicted molar refractivity (Wildman–Crippen MR) is 80.5 cm³/mol. The van der Waals surface area contributed by atoms with E-state index in [4.69, 9.17) is 10.5 Å². The van der Waals surface area contributed by atoms with Crippen LogP contribution in [0.5, 0.6) is 11.5 Å². The lowest BCUT2D eigenvalue weighted by Crippen LogP contribution is -2.23. The van der Waals surface area contributed by atoms with Gasteiger partial charge < -0.3 is 15.6 Å². The zero-order valence-electron chi connectivity index (χ0n) is 11.4. The zero-order valence-corrected chi connectivity index (χ0v) is 12.9. The van der Waals surface area contributed by atoms with Gasteiger partial charge in [-0.1, -0.05) is 19.3 Å². The number of ether oxygens (including phenoxy) is 1. The minimum absolute atomic E-state index is 0.0245. The molecule has 0 aliphatic heterocycles. The molecule has 0 radical (unpaired) electrons. The third kappa shape index (κ3) is 3.42. The molecule has 0 saturated heterocycles. The minimum atomic E-state index is 0.0245. The number of aromatic hydroxyl groups is 1. The Morgan fingerprint density at radius 2 is 2.05 bits per heavy atom. The van der Waals surface area contributed by atoms with Crippen LogP contribution in [-0.2, 0) is 0 Å². The van der Waals surface area contributed by atoms with Crippen LogP contribution in [0.4, 0.5) is 0 Å². The van der Waals surface area contributed by atoms with E-state index in [1.54, 1.807) is 0 Å². The first kappa shape index (κ1) is 14.7. The van der Waals surface area contributed by atoms with Gasteiger partial charge in [-0.2, -0.15) is 0 Å². The fourth-order valence-electron chi connectivity index (χ4n) is 2.82. The molecule has 0 spiro atoms. The Labute approximate surface area is 123 Å². The lowest BCUT2D eigenvalue weighted by atomic mass is 9.81. The highest BCUT2D eigenvalue weighted by Crippen LogP contribution is 2.40. The largest absolute Gasteiger partial charge is 0.503 e. The fourth-order valence-corrected chi connectivity index (χ4v) is 3.28. The molecule has 1 aromatic carbocycles. The summed E-state index contributed by atoms with van der Waals surface area (Å²) in [4.78, 5) is 0. The molecule has 2 rings (SSSR count). The monoisotopic (exact) mass is 327 g/mol. The quantitative estimate of drug-likeness (QED) is 0.874. The lowest BCUT2D eigenvalue weighted by Gasteiger charge is -2.28. The first-order valence-corrected chi connectivity index (χ1v) is 7.83. The maximum absolute atomic E-state index is 9.93. The van der Waals surface area contributed by atoms with Crippen LogP contribution < -0.4 is 10.5 Å². The van der Waals surface area contributed by atoms with Gasteiger partial charge in [-0.3, -0.25) is 0 Å². The van der Waals surface area contributed by atoms with E-state index in [9.17, 15) is 5.11 Å². The summed E-state index contributed by atoms with van der Waals surface area (Å²) >= 11 is 3.37. The Morgan fingerprint density at radius 3 is 2.68 bits per heavy atom. The highest BCUT2D eigenvalue weighted by molar-refractivity contribution is 9.10. The number of halogens is 1. The molecule has 1 fully saturated rings. The molecule has 106 valence electrons. The second-order valence-electron chi connectivity index (χ2n) is 5.21. The maximum Gasteiger partial charge on any atom is 0.172 e. The molecule has 3 N–H and O–H groups in total. The van der Waals surface area contributed by atoms with Gasteiger partial charge in [0.05, 0.1) is 11.1 Å². The van der Waals surface area contributed by atoms with Crippen LogP contribution in [0.15, 0.2) is 16.6 Å². The molecule has 1 aromatic rings. The predicted octanol–water partition coefficient (Wildman–Crippen LogP) is 4.13. The van der Waals surface area contributed by atoms with Crippen LogP contribution in [-0.4, -0.2) is 11.7 Å². The molecule has 0 bridgehead atoms. The van der Waals surface area contributed by atoms with Crippen LogP contribution in [0.2, 0.25) is 0 Å². The van der Waals surface area contributed by atoms with Crippen molar-refractivity contribution < 1.29 is 9.84 Å². The molecule has 1 aliphatic carbocycles. The van der Waals surface area contributed by atoms with Crippen molar-refractivity contribution in [2.24, 2.45) is 11.7 Å². The van der Waals surface area contributed by atoms with Gasteiger partial charge in [0.25, 0.3) is 0 Å². The topological polar surface area (TPSA) is 55.5 Å². The third-order valence-electron chi connectivity index (χ3n) is 3.89. The zero-order chi connectivity index (χ0) is 13.8. The molecule has 0 aromatic heterocycles. The summed E-state index contributed by atoms with van der Waals surface area (Å²) in [6, 6.07) is 3.82. The Morgan fingerprint density at radius 1 is 1.37 bits per heavy atom. The van der Waals surface area contributed by atoms with Crippen molar-refractivity contribution in [1.29, 1.82) is 0 Å². The summed E-state index contributed by atoms with van der Waals surface area (Å²) in [5.74, 6) is 1.21. The molecule has 0 amide bonds. The third-order valence-corrected chi connectivity index (χ3v) is 4.50. The molecule has 4 heteroatoms. The van der Waals surface area contributed by atoms with Crippen molar-refractivity contribution in [1.82, 2.24) is 0 Å². The van der Waals surface area contributed by atoms with E-state index in [0.29, 0.717) is 22.7 Å². The molecule has 1 atom stereocenters. The number of hydrogen-bond acceptors (Lipinski definition) is 3. The Kier molecular flexibility index (Phi) is 5.11. The summed E-state index contributed by atoms with van der Waals surface area (Å²) in [7, 11) is 0. The number of phenols is 1. The van der Waals surface area contributed by atoms with Gasteiger partial charge in [0.2, 0.25) is 0 Å². The molecular weight excluding hydrogens is 306 g/mol. The summed E-state index contributed by atoms with van der Waals surface area (Å²) in [6.07, 6.45) is 6.27. The summed E-state index contributed by atoms with van der Waals surface area (Å²) in [5, 5.41) is 9.93. The van der Waals surface area contributed by atoms with Crippen LogP contribution in [0.1, 0.15) is 50.6 Å². The minimum Gasteiger partial charge on any atom is -0.503 e. The van der Waals surface area contributed by atoms with E-state index < -0.39 is 0 Å². The highest BCUT2D eigenvalue weighted by atomic mass is 79.9. The molecular formula is C15H22BrNO2. The molecule has 19 heavy (non-hydrogen) atoms. The van der Waals surface area contributed by atoms with E-state index in [-0.39, 0.29) is 11.8 Å². The number of hydrogen-bond donors (Lipinski definition) is 2. The van der Waals surface area contributed by atoms with Crippen LogP contribution in [0.3, 0.4) is 0 Å². The summed E-state index contributed by atoms with van der Waals surface area (Å²) in [5.41, 5.74) is 7.44. The van der Waals surface area contributed by atoms with Crippen molar-refractivity contribution in [3.8, 4) is 11.5 Å². The van der Waals surface area contributed by atoms with E-state index in [1.807, 2.05) is 19.1 Å². The SMILES string of the molecule is CCOc1cc([C@H](N)C2CCCCC2)cc(Br)c1O. The van der Waals surface area contributed by atoms with E-state index >= 15 is 0 Å². The summed E-state index contributed by atoms with van der Waals surface area (Å²) in [6.45, 7) is 2.43. The fraction of sp³-hybridized carbons (Fsp3) is 0.600. The van der Waals surface area contributed by atoms with Gasteiger partial charge in [-0.25, -0.2) is 0 Å². The average Bonchev–Trinajstić information content (AvgIpc) is 2.44. The van der Waals surface area contributed by atoms with Crippen molar-refractivity contribution in [3.05, 3.63) is 22.2 Å². The standard InChI is InChI=1S/C15H22BrNO2/c1-2-19-13-9-11(8-12(16)15(13)18)14(17)10-6-4-3-5-7-10/h8-10,14,18H,2-7,17H2,1H3/t14-/m1/s1. The van der Waals surface area contributed by atoms with Gasteiger partial charge in [0, 0.05) is 6.04 Å². The Hall–Kier alpha value is -0.740. The van der Waals surface area contributed by atoms with Gasteiger partial charge in [0.1, 0.15) is 0 Å². The second kappa shape index (κ2) is 6.62. The van der Waals surface area contributed by atoms with Crippen molar-refractivity contribution in [2.45, 2.75) is 45.1 Å².